The van der Waals surface area contributed by atoms with Crippen LogP contribution >= 0.6 is 0 Å². The first kappa shape index (κ1) is 16.6. The molecule has 2 rings (SSSR count). The van der Waals surface area contributed by atoms with Crippen LogP contribution in [0, 0.1) is 0 Å². The Kier molecular flexibility index (Phi) is 5.49. The molecule has 0 aromatic heterocycles. The largest absolute Gasteiger partial charge is 0.444 e. The van der Waals surface area contributed by atoms with E-state index in [1.807, 2.05) is 25.7 Å². The third-order valence-electron chi connectivity index (χ3n) is 4.17. The van der Waals surface area contributed by atoms with Gasteiger partial charge in [-0.05, 0) is 59.3 Å². The highest BCUT2D eigenvalue weighted by molar-refractivity contribution is 5.68. The van der Waals surface area contributed by atoms with Crippen LogP contribution in [-0.2, 0) is 9.47 Å². The normalized spacial score (nSPS) is 30.5. The van der Waals surface area contributed by atoms with E-state index in [1.165, 1.54) is 0 Å². The van der Waals surface area contributed by atoms with Gasteiger partial charge >= 0.3 is 6.09 Å². The van der Waals surface area contributed by atoms with Gasteiger partial charge in [0.15, 0.2) is 0 Å². The van der Waals surface area contributed by atoms with Crippen molar-refractivity contribution in [3.8, 4) is 0 Å². The molecule has 2 aliphatic rings. The molecule has 1 atom stereocenters. The molecule has 0 radical (unpaired) electrons. The van der Waals surface area contributed by atoms with Gasteiger partial charge in [0, 0.05) is 6.54 Å². The average molecular weight is 299 g/mol. The molecule has 1 N–H and O–H groups in total. The number of nitrogens with zero attached hydrogens (tertiary/aromatic N) is 1. The van der Waals surface area contributed by atoms with Crippen molar-refractivity contribution >= 4 is 6.09 Å². The lowest BCUT2D eigenvalue weighted by Gasteiger charge is -2.31. The Morgan fingerprint density at radius 3 is 2.48 bits per heavy atom. The molecule has 1 saturated carbocycles. The number of hydrogen-bond acceptors (Lipinski definition) is 4. The number of hydrogen-bond donors (Lipinski definition) is 1. The van der Waals surface area contributed by atoms with Gasteiger partial charge < -0.3 is 19.5 Å². The molecular weight excluding hydrogens is 270 g/mol. The Labute approximate surface area is 127 Å². The number of carbonyl (C=O) groups excluding carboxylic acids is 1. The Hall–Kier alpha value is -0.810. The predicted molar refractivity (Wildman–Crippen MR) is 80.2 cm³/mol. The van der Waals surface area contributed by atoms with E-state index in [0.29, 0.717) is 6.61 Å². The minimum atomic E-state index is -0.454. The summed E-state index contributed by atoms with van der Waals surface area (Å²) in [5, 5.41) is 9.50. The monoisotopic (exact) mass is 299 g/mol. The molecule has 1 heterocycles. The maximum Gasteiger partial charge on any atom is 0.410 e. The molecule has 2 fully saturated rings. The molecule has 1 amide bonds. The Morgan fingerprint density at radius 2 is 1.86 bits per heavy atom. The summed E-state index contributed by atoms with van der Waals surface area (Å²) in [6.07, 6.45) is 5.32. The summed E-state index contributed by atoms with van der Waals surface area (Å²) in [6, 6.07) is 0.131. The van der Waals surface area contributed by atoms with Gasteiger partial charge in [-0.3, -0.25) is 0 Å². The molecule has 122 valence electrons. The van der Waals surface area contributed by atoms with E-state index in [4.69, 9.17) is 9.47 Å². The number of aliphatic hydroxyl groups excluding tert-OH is 1. The molecule has 0 spiro atoms. The van der Waals surface area contributed by atoms with Crippen LogP contribution < -0.4 is 0 Å². The van der Waals surface area contributed by atoms with Crippen LogP contribution in [0.15, 0.2) is 0 Å². The molecular formula is C16H29NO4. The van der Waals surface area contributed by atoms with Crippen molar-refractivity contribution in [3.63, 3.8) is 0 Å². The fourth-order valence-electron chi connectivity index (χ4n) is 3.03. The zero-order chi connectivity index (χ0) is 15.5. The third kappa shape index (κ3) is 5.15. The first-order valence-corrected chi connectivity index (χ1v) is 8.14. The highest BCUT2D eigenvalue weighted by Gasteiger charge is 2.33. The van der Waals surface area contributed by atoms with E-state index in [1.54, 1.807) is 0 Å². The smallest absolute Gasteiger partial charge is 0.410 e. The van der Waals surface area contributed by atoms with Gasteiger partial charge in [0.2, 0.25) is 0 Å². The molecule has 1 aliphatic carbocycles. The average Bonchev–Trinajstić information content (AvgIpc) is 2.84. The van der Waals surface area contributed by atoms with Gasteiger partial charge in [0.1, 0.15) is 5.60 Å². The minimum Gasteiger partial charge on any atom is -0.444 e. The number of aliphatic hydroxyl groups is 1. The number of carbonyl (C=O) groups is 1. The summed E-state index contributed by atoms with van der Waals surface area (Å²) in [5.41, 5.74) is -0.454. The molecule has 5 heteroatoms. The van der Waals surface area contributed by atoms with Crippen LogP contribution in [0.5, 0.6) is 0 Å². The Balaban J connectivity index is 1.78. The SMILES string of the molecule is CC(C)(C)OC(=O)N1CCCC1COC1CCC(O)CC1. The van der Waals surface area contributed by atoms with Gasteiger partial charge in [-0.15, -0.1) is 0 Å². The quantitative estimate of drug-likeness (QED) is 0.870. The van der Waals surface area contributed by atoms with E-state index in [2.05, 4.69) is 0 Å². The van der Waals surface area contributed by atoms with Gasteiger partial charge in [-0.2, -0.15) is 0 Å². The highest BCUT2D eigenvalue weighted by atomic mass is 16.6. The lowest BCUT2D eigenvalue weighted by molar-refractivity contribution is -0.0287. The van der Waals surface area contributed by atoms with Gasteiger partial charge in [0.05, 0.1) is 24.9 Å². The fraction of sp³-hybridized carbons (Fsp3) is 0.938. The number of rotatable bonds is 3. The van der Waals surface area contributed by atoms with E-state index >= 15 is 0 Å². The van der Waals surface area contributed by atoms with Crippen molar-refractivity contribution in [3.05, 3.63) is 0 Å². The van der Waals surface area contributed by atoms with Crippen LogP contribution in [0.2, 0.25) is 0 Å². The summed E-state index contributed by atoms with van der Waals surface area (Å²) in [4.78, 5) is 14.0. The molecule has 1 saturated heterocycles. The lowest BCUT2D eigenvalue weighted by atomic mass is 9.95. The van der Waals surface area contributed by atoms with E-state index < -0.39 is 5.60 Å². The van der Waals surface area contributed by atoms with Crippen molar-refractivity contribution in [2.45, 2.75) is 83.1 Å². The number of amides is 1. The summed E-state index contributed by atoms with van der Waals surface area (Å²) in [6.45, 7) is 7.01. The molecule has 1 aliphatic heterocycles. The van der Waals surface area contributed by atoms with Crippen LogP contribution in [-0.4, -0.2) is 53.1 Å². The Bertz CT molecular complexity index is 345. The van der Waals surface area contributed by atoms with E-state index in [9.17, 15) is 9.90 Å². The lowest BCUT2D eigenvalue weighted by Crippen LogP contribution is -2.42. The molecule has 1 unspecified atom stereocenters. The van der Waals surface area contributed by atoms with Gasteiger partial charge in [-0.25, -0.2) is 4.79 Å². The first-order chi connectivity index (χ1) is 9.85. The van der Waals surface area contributed by atoms with Gasteiger partial charge in [-0.1, -0.05) is 0 Å². The second kappa shape index (κ2) is 6.97. The van der Waals surface area contributed by atoms with Crippen molar-refractivity contribution < 1.29 is 19.4 Å². The summed E-state index contributed by atoms with van der Waals surface area (Å²) in [7, 11) is 0. The first-order valence-electron chi connectivity index (χ1n) is 8.14. The second-order valence-electron chi connectivity index (χ2n) is 7.23. The van der Waals surface area contributed by atoms with Crippen molar-refractivity contribution in [2.75, 3.05) is 13.2 Å². The van der Waals surface area contributed by atoms with E-state index in [-0.39, 0.29) is 24.3 Å². The third-order valence-corrected chi connectivity index (χ3v) is 4.17. The van der Waals surface area contributed by atoms with Crippen molar-refractivity contribution in [1.82, 2.24) is 4.90 Å². The molecule has 0 aromatic rings. The van der Waals surface area contributed by atoms with Crippen LogP contribution in [0.4, 0.5) is 4.79 Å². The zero-order valence-electron chi connectivity index (χ0n) is 13.5. The number of likely N-dealkylation sites (tertiary alicyclic amines) is 1. The topological polar surface area (TPSA) is 59.0 Å². The maximum atomic E-state index is 12.2. The van der Waals surface area contributed by atoms with Crippen LogP contribution in [0.25, 0.3) is 0 Å². The summed E-state index contributed by atoms with van der Waals surface area (Å²) in [5.74, 6) is 0. The van der Waals surface area contributed by atoms with Crippen LogP contribution in [0.3, 0.4) is 0 Å². The standard InChI is InChI=1S/C16H29NO4/c1-16(2,3)21-15(19)17-10-4-5-12(17)11-20-14-8-6-13(18)7-9-14/h12-14,18H,4-11H2,1-3H3. The second-order valence-corrected chi connectivity index (χ2v) is 7.23. The van der Waals surface area contributed by atoms with Crippen molar-refractivity contribution in [1.29, 1.82) is 0 Å². The van der Waals surface area contributed by atoms with Crippen LogP contribution in [0.1, 0.15) is 59.3 Å². The number of ether oxygens (including phenoxy) is 2. The molecule has 0 bridgehead atoms. The minimum absolute atomic E-state index is 0.131. The molecule has 5 nitrogen and oxygen atoms in total. The Morgan fingerprint density at radius 1 is 1.19 bits per heavy atom. The fourth-order valence-corrected chi connectivity index (χ4v) is 3.03. The molecule has 0 aromatic carbocycles. The summed E-state index contributed by atoms with van der Waals surface area (Å²) >= 11 is 0. The van der Waals surface area contributed by atoms with Gasteiger partial charge in [0.25, 0.3) is 0 Å². The molecule has 21 heavy (non-hydrogen) atoms. The maximum absolute atomic E-state index is 12.2. The highest BCUT2D eigenvalue weighted by Crippen LogP contribution is 2.24. The predicted octanol–water partition coefficient (Wildman–Crippen LogP) is 2.71. The van der Waals surface area contributed by atoms with E-state index in [0.717, 1.165) is 45.1 Å². The zero-order valence-corrected chi connectivity index (χ0v) is 13.5. The summed E-state index contributed by atoms with van der Waals surface area (Å²) < 4.78 is 11.4. The van der Waals surface area contributed by atoms with Crippen molar-refractivity contribution in [2.24, 2.45) is 0 Å².